The monoisotopic (exact) mass is 262 g/mol. The predicted octanol–water partition coefficient (Wildman–Crippen LogP) is 2.46. The predicted molar refractivity (Wildman–Crippen MR) is 72.6 cm³/mol. The molecule has 0 bridgehead atoms. The molecule has 5 heteroatoms. The van der Waals surface area contributed by atoms with Crippen molar-refractivity contribution in [1.29, 1.82) is 0 Å². The van der Waals surface area contributed by atoms with Crippen molar-refractivity contribution in [2.45, 2.75) is 27.3 Å². The Morgan fingerprint density at radius 3 is 2.89 bits per heavy atom. The van der Waals surface area contributed by atoms with E-state index in [9.17, 15) is 4.39 Å². The zero-order chi connectivity index (χ0) is 13.8. The Labute approximate surface area is 112 Å². The van der Waals surface area contributed by atoms with Gasteiger partial charge in [0.25, 0.3) is 0 Å². The van der Waals surface area contributed by atoms with Gasteiger partial charge in [-0.2, -0.15) is 0 Å². The van der Waals surface area contributed by atoms with Crippen molar-refractivity contribution in [3.05, 3.63) is 41.5 Å². The van der Waals surface area contributed by atoms with Crippen molar-refractivity contribution < 1.29 is 4.39 Å². The molecular weight excluding hydrogens is 243 g/mol. The second kappa shape index (κ2) is 5.93. The summed E-state index contributed by atoms with van der Waals surface area (Å²) in [5.41, 5.74) is 2.63. The summed E-state index contributed by atoms with van der Waals surface area (Å²) in [7, 11) is 0. The number of benzene rings is 1. The Morgan fingerprint density at radius 2 is 2.16 bits per heavy atom. The number of nitrogens with zero attached hydrogens (tertiary/aromatic N) is 3. The highest BCUT2D eigenvalue weighted by Gasteiger charge is 2.09. The first kappa shape index (κ1) is 13.7. The fourth-order valence-electron chi connectivity index (χ4n) is 1.88. The van der Waals surface area contributed by atoms with Crippen LogP contribution >= 0.6 is 0 Å². The van der Waals surface area contributed by atoms with Crippen molar-refractivity contribution in [2.75, 3.05) is 6.54 Å². The standard InChI is InChI=1S/C14H19FN4/c1-10(2)7-16-8-13-9-17-18-19(13)14-6-12(15)5-4-11(14)3/h4-6,9-10,16H,7-8H2,1-3H3. The molecular formula is C14H19FN4. The molecule has 0 atom stereocenters. The first-order chi connectivity index (χ1) is 9.08. The van der Waals surface area contributed by atoms with Crippen LogP contribution in [0.15, 0.2) is 24.4 Å². The van der Waals surface area contributed by atoms with Crippen molar-refractivity contribution in [3.8, 4) is 5.69 Å². The lowest BCUT2D eigenvalue weighted by Crippen LogP contribution is -2.21. The van der Waals surface area contributed by atoms with E-state index in [0.29, 0.717) is 12.5 Å². The topological polar surface area (TPSA) is 42.7 Å². The molecule has 102 valence electrons. The highest BCUT2D eigenvalue weighted by Crippen LogP contribution is 2.16. The summed E-state index contributed by atoms with van der Waals surface area (Å²) in [5.74, 6) is 0.317. The van der Waals surface area contributed by atoms with Gasteiger partial charge < -0.3 is 5.32 Å². The Hall–Kier alpha value is -1.75. The minimum atomic E-state index is -0.266. The summed E-state index contributed by atoms with van der Waals surface area (Å²) in [4.78, 5) is 0. The Morgan fingerprint density at radius 1 is 1.37 bits per heavy atom. The summed E-state index contributed by atoms with van der Waals surface area (Å²) in [5, 5.41) is 11.3. The van der Waals surface area contributed by atoms with Gasteiger partial charge >= 0.3 is 0 Å². The van der Waals surface area contributed by atoms with Gasteiger partial charge in [0.05, 0.1) is 17.6 Å². The Balaban J connectivity index is 2.21. The van der Waals surface area contributed by atoms with Gasteiger partial charge in [-0.3, -0.25) is 0 Å². The van der Waals surface area contributed by atoms with E-state index in [1.807, 2.05) is 6.92 Å². The van der Waals surface area contributed by atoms with Gasteiger partial charge in [0.2, 0.25) is 0 Å². The van der Waals surface area contributed by atoms with Crippen LogP contribution in [0.1, 0.15) is 25.1 Å². The number of nitrogens with one attached hydrogen (secondary N) is 1. The van der Waals surface area contributed by atoms with E-state index < -0.39 is 0 Å². The molecule has 1 N–H and O–H groups in total. The van der Waals surface area contributed by atoms with Crippen LogP contribution in [-0.2, 0) is 6.54 Å². The lowest BCUT2D eigenvalue weighted by molar-refractivity contribution is 0.541. The molecule has 0 saturated heterocycles. The normalized spacial score (nSPS) is 11.2. The third-order valence-electron chi connectivity index (χ3n) is 2.88. The van der Waals surface area contributed by atoms with Crippen LogP contribution in [0.5, 0.6) is 0 Å². The van der Waals surface area contributed by atoms with Gasteiger partial charge in [-0.15, -0.1) is 5.10 Å². The van der Waals surface area contributed by atoms with E-state index in [4.69, 9.17) is 0 Å². The summed E-state index contributed by atoms with van der Waals surface area (Å²) in [6, 6.07) is 4.68. The summed E-state index contributed by atoms with van der Waals surface area (Å²) >= 11 is 0. The van der Waals surface area contributed by atoms with Crippen LogP contribution in [0.25, 0.3) is 5.69 Å². The third-order valence-corrected chi connectivity index (χ3v) is 2.88. The largest absolute Gasteiger partial charge is 0.311 e. The molecule has 0 spiro atoms. The SMILES string of the molecule is Cc1ccc(F)cc1-n1nncc1CNCC(C)C. The van der Waals surface area contributed by atoms with Crippen LogP contribution < -0.4 is 5.32 Å². The zero-order valence-electron chi connectivity index (χ0n) is 11.5. The molecule has 2 rings (SSSR count). The molecule has 1 aromatic carbocycles. The molecule has 19 heavy (non-hydrogen) atoms. The summed E-state index contributed by atoms with van der Waals surface area (Å²) in [6.45, 7) is 7.83. The van der Waals surface area contributed by atoms with Crippen LogP contribution in [-0.4, -0.2) is 21.5 Å². The number of aryl methyl sites for hydroxylation is 1. The minimum absolute atomic E-state index is 0.266. The summed E-state index contributed by atoms with van der Waals surface area (Å²) in [6.07, 6.45) is 1.71. The van der Waals surface area contributed by atoms with Gasteiger partial charge in [0.1, 0.15) is 5.82 Å². The van der Waals surface area contributed by atoms with Gasteiger partial charge in [0, 0.05) is 6.54 Å². The van der Waals surface area contributed by atoms with Gasteiger partial charge in [-0.1, -0.05) is 25.1 Å². The molecule has 2 aromatic rings. The quantitative estimate of drug-likeness (QED) is 0.900. The Kier molecular flexibility index (Phi) is 4.27. The summed E-state index contributed by atoms with van der Waals surface area (Å²) < 4.78 is 15.0. The maximum absolute atomic E-state index is 13.4. The first-order valence-corrected chi connectivity index (χ1v) is 6.44. The van der Waals surface area contributed by atoms with Crippen molar-refractivity contribution >= 4 is 0 Å². The average molecular weight is 262 g/mol. The molecule has 0 aliphatic rings. The van der Waals surface area contributed by atoms with Gasteiger partial charge in [-0.05, 0) is 37.1 Å². The van der Waals surface area contributed by atoms with Gasteiger partial charge in [-0.25, -0.2) is 9.07 Å². The average Bonchev–Trinajstić information content (AvgIpc) is 2.80. The van der Waals surface area contributed by atoms with Gasteiger partial charge in [0.15, 0.2) is 0 Å². The lowest BCUT2D eigenvalue weighted by atomic mass is 10.2. The smallest absolute Gasteiger partial charge is 0.125 e. The molecule has 1 heterocycles. The lowest BCUT2D eigenvalue weighted by Gasteiger charge is -2.11. The molecule has 1 aromatic heterocycles. The number of rotatable bonds is 5. The highest BCUT2D eigenvalue weighted by molar-refractivity contribution is 5.40. The van der Waals surface area contributed by atoms with Crippen molar-refractivity contribution in [2.24, 2.45) is 5.92 Å². The van der Waals surface area contributed by atoms with Crippen molar-refractivity contribution in [3.63, 3.8) is 0 Å². The molecule has 0 saturated carbocycles. The second-order valence-electron chi connectivity index (χ2n) is 5.09. The van der Waals surface area contributed by atoms with Crippen LogP contribution in [0, 0.1) is 18.7 Å². The molecule has 0 radical (unpaired) electrons. The Bertz CT molecular complexity index is 548. The van der Waals surface area contributed by atoms with Crippen LogP contribution in [0.4, 0.5) is 4.39 Å². The molecule has 0 aliphatic heterocycles. The van der Waals surface area contributed by atoms with Crippen LogP contribution in [0.2, 0.25) is 0 Å². The molecule has 0 amide bonds. The zero-order valence-corrected chi connectivity index (χ0v) is 11.5. The first-order valence-electron chi connectivity index (χ1n) is 6.44. The second-order valence-corrected chi connectivity index (χ2v) is 5.09. The third kappa shape index (κ3) is 3.38. The highest BCUT2D eigenvalue weighted by atomic mass is 19.1. The van der Waals surface area contributed by atoms with E-state index in [0.717, 1.165) is 23.5 Å². The van der Waals surface area contributed by atoms with Crippen LogP contribution in [0.3, 0.4) is 0 Å². The maximum atomic E-state index is 13.4. The number of hydrogen-bond donors (Lipinski definition) is 1. The molecule has 0 fully saturated rings. The minimum Gasteiger partial charge on any atom is -0.311 e. The fraction of sp³-hybridized carbons (Fsp3) is 0.429. The number of aromatic nitrogens is 3. The van der Waals surface area contributed by atoms with Crippen molar-refractivity contribution in [1.82, 2.24) is 20.3 Å². The number of halogens is 1. The van der Waals surface area contributed by atoms with E-state index in [1.165, 1.54) is 12.1 Å². The van der Waals surface area contributed by atoms with E-state index >= 15 is 0 Å². The van der Waals surface area contributed by atoms with E-state index in [-0.39, 0.29) is 5.82 Å². The van der Waals surface area contributed by atoms with E-state index in [2.05, 4.69) is 29.5 Å². The fourth-order valence-corrected chi connectivity index (χ4v) is 1.88. The van der Waals surface area contributed by atoms with E-state index in [1.54, 1.807) is 16.9 Å². The molecule has 0 unspecified atom stereocenters. The molecule has 4 nitrogen and oxygen atoms in total. The molecule has 0 aliphatic carbocycles. The number of hydrogen-bond acceptors (Lipinski definition) is 3. The maximum Gasteiger partial charge on any atom is 0.125 e.